The minimum Gasteiger partial charge on any atom is -1.00 e. The van der Waals surface area contributed by atoms with Crippen LogP contribution in [0.5, 0.6) is 5.75 Å². The van der Waals surface area contributed by atoms with Crippen molar-refractivity contribution in [2.24, 2.45) is 0 Å². The molecule has 18 heavy (non-hydrogen) atoms. The normalized spacial score (nSPS) is 10.3. The zero-order valence-electron chi connectivity index (χ0n) is 10.3. The first-order chi connectivity index (χ1) is 8.31. The molecule has 2 rings (SSSR count). The number of pyridine rings is 1. The zero-order chi connectivity index (χ0) is 12.1. The van der Waals surface area contributed by atoms with Gasteiger partial charge >= 0.3 is 0 Å². The second kappa shape index (κ2) is 7.16. The molecule has 0 aliphatic carbocycles. The van der Waals surface area contributed by atoms with Crippen LogP contribution in [0.3, 0.4) is 0 Å². The molecule has 0 aliphatic rings. The summed E-state index contributed by atoms with van der Waals surface area (Å²) in [5.74, 6) is 0.308. The van der Waals surface area contributed by atoms with Crippen molar-refractivity contribution in [2.75, 3.05) is 0 Å². The van der Waals surface area contributed by atoms with Crippen LogP contribution in [-0.4, -0.2) is 5.11 Å². The minimum absolute atomic E-state index is 0. The number of para-hydroxylation sites is 1. The second-order valence-electron chi connectivity index (χ2n) is 3.80. The number of halogens is 1. The molecular weight excluding hydrogens is 337 g/mol. The molecule has 0 radical (unpaired) electrons. The third kappa shape index (κ3) is 3.57. The molecule has 0 saturated carbocycles. The lowest BCUT2D eigenvalue weighted by Gasteiger charge is -1.98. The summed E-state index contributed by atoms with van der Waals surface area (Å²) in [7, 11) is 0. The molecule has 94 valence electrons. The van der Waals surface area contributed by atoms with E-state index in [2.05, 4.69) is 17.6 Å². The van der Waals surface area contributed by atoms with Gasteiger partial charge in [0.05, 0.1) is 0 Å². The van der Waals surface area contributed by atoms with E-state index in [-0.39, 0.29) is 24.0 Å². The van der Waals surface area contributed by atoms with Gasteiger partial charge in [-0.25, -0.2) is 0 Å². The third-order valence-electron chi connectivity index (χ3n) is 2.69. The van der Waals surface area contributed by atoms with Crippen LogP contribution in [0.2, 0.25) is 0 Å². The highest BCUT2D eigenvalue weighted by Gasteiger charge is 2.02. The first-order valence-electron chi connectivity index (χ1n) is 5.76. The van der Waals surface area contributed by atoms with Crippen molar-refractivity contribution in [1.82, 2.24) is 0 Å². The van der Waals surface area contributed by atoms with Crippen LogP contribution >= 0.6 is 0 Å². The molecule has 0 amide bonds. The molecule has 0 aliphatic heterocycles. The van der Waals surface area contributed by atoms with E-state index in [0.717, 1.165) is 17.8 Å². The van der Waals surface area contributed by atoms with E-state index in [1.165, 1.54) is 0 Å². The summed E-state index contributed by atoms with van der Waals surface area (Å²) in [5.41, 5.74) is 1.96. The smallest absolute Gasteiger partial charge is 0.205 e. The first kappa shape index (κ1) is 14.7. The Morgan fingerprint density at radius 2 is 1.78 bits per heavy atom. The molecule has 0 spiro atoms. The standard InChI is InChI=1S/C15H15NO.HI/c1-2-16-12-6-5-8-14(16)11-10-13-7-3-4-9-15(13)17;/h3-12H,2H2,1H3;1H. The molecule has 1 heterocycles. The Kier molecular flexibility index (Phi) is 5.85. The van der Waals surface area contributed by atoms with Gasteiger partial charge < -0.3 is 29.1 Å². The van der Waals surface area contributed by atoms with Crippen molar-refractivity contribution < 1.29 is 33.7 Å². The highest BCUT2D eigenvalue weighted by Crippen LogP contribution is 2.17. The third-order valence-corrected chi connectivity index (χ3v) is 2.69. The van der Waals surface area contributed by atoms with Gasteiger partial charge in [-0.3, -0.25) is 0 Å². The maximum Gasteiger partial charge on any atom is 0.205 e. The average Bonchev–Trinajstić information content (AvgIpc) is 2.38. The van der Waals surface area contributed by atoms with Crippen molar-refractivity contribution in [1.29, 1.82) is 0 Å². The van der Waals surface area contributed by atoms with Gasteiger partial charge in [0, 0.05) is 23.8 Å². The maximum atomic E-state index is 9.66. The number of aryl methyl sites for hydroxylation is 1. The van der Waals surface area contributed by atoms with Crippen LogP contribution < -0.4 is 28.5 Å². The van der Waals surface area contributed by atoms with Crippen molar-refractivity contribution in [3.63, 3.8) is 0 Å². The van der Waals surface area contributed by atoms with Crippen LogP contribution in [0.25, 0.3) is 12.2 Å². The molecule has 0 fully saturated rings. The summed E-state index contributed by atoms with van der Waals surface area (Å²) < 4.78 is 2.15. The number of phenols is 1. The van der Waals surface area contributed by atoms with Gasteiger partial charge in [-0.1, -0.05) is 18.2 Å². The molecule has 2 aromatic rings. The fourth-order valence-electron chi connectivity index (χ4n) is 1.73. The topological polar surface area (TPSA) is 24.1 Å². The number of aromatic nitrogens is 1. The Labute approximate surface area is 125 Å². The highest BCUT2D eigenvalue weighted by molar-refractivity contribution is 5.70. The predicted octanol–water partition coefficient (Wildman–Crippen LogP) is -0.126. The molecule has 0 unspecified atom stereocenters. The van der Waals surface area contributed by atoms with Gasteiger partial charge in [-0.05, 0) is 25.1 Å². The van der Waals surface area contributed by atoms with Crippen molar-refractivity contribution in [3.05, 3.63) is 59.9 Å². The number of rotatable bonds is 3. The van der Waals surface area contributed by atoms with E-state index >= 15 is 0 Å². The van der Waals surface area contributed by atoms with Gasteiger partial charge in [0.1, 0.15) is 12.3 Å². The fourth-order valence-corrected chi connectivity index (χ4v) is 1.73. The summed E-state index contributed by atoms with van der Waals surface area (Å²) in [5, 5.41) is 9.66. The van der Waals surface area contributed by atoms with E-state index in [9.17, 15) is 5.11 Å². The molecule has 1 aromatic carbocycles. The van der Waals surface area contributed by atoms with Crippen LogP contribution in [0.4, 0.5) is 0 Å². The van der Waals surface area contributed by atoms with Crippen molar-refractivity contribution in [3.8, 4) is 5.75 Å². The highest BCUT2D eigenvalue weighted by atomic mass is 127. The van der Waals surface area contributed by atoms with Gasteiger partial charge in [-0.15, -0.1) is 0 Å². The fraction of sp³-hybridized carbons (Fsp3) is 0.133. The van der Waals surface area contributed by atoms with Gasteiger partial charge in [-0.2, -0.15) is 4.57 Å². The molecule has 0 atom stereocenters. The minimum atomic E-state index is 0. The van der Waals surface area contributed by atoms with Crippen LogP contribution in [0.1, 0.15) is 18.2 Å². The van der Waals surface area contributed by atoms with Crippen molar-refractivity contribution >= 4 is 12.2 Å². The Morgan fingerprint density at radius 1 is 1.06 bits per heavy atom. The molecule has 2 nitrogen and oxygen atoms in total. The Hall–Kier alpha value is -1.36. The summed E-state index contributed by atoms with van der Waals surface area (Å²) >= 11 is 0. The van der Waals surface area contributed by atoms with Crippen LogP contribution in [-0.2, 0) is 6.54 Å². The lowest BCUT2D eigenvalue weighted by Crippen LogP contribution is -3.00. The summed E-state index contributed by atoms with van der Waals surface area (Å²) in [6.07, 6.45) is 5.99. The molecule has 3 heteroatoms. The summed E-state index contributed by atoms with van der Waals surface area (Å²) in [6, 6.07) is 13.4. The summed E-state index contributed by atoms with van der Waals surface area (Å²) in [6.45, 7) is 3.04. The lowest BCUT2D eigenvalue weighted by atomic mass is 10.1. The lowest BCUT2D eigenvalue weighted by molar-refractivity contribution is -0.695. The van der Waals surface area contributed by atoms with E-state index in [1.807, 2.05) is 48.7 Å². The average molecular weight is 353 g/mol. The number of hydrogen-bond donors (Lipinski definition) is 1. The Balaban J connectivity index is 0.00000162. The van der Waals surface area contributed by atoms with E-state index in [0.29, 0.717) is 5.75 Å². The SMILES string of the molecule is CC[n+]1ccccc1C=Cc1ccccc1O.[I-]. The molecule has 1 N–H and O–H groups in total. The molecule has 1 aromatic heterocycles. The van der Waals surface area contributed by atoms with Gasteiger partial charge in [0.25, 0.3) is 0 Å². The Bertz CT molecular complexity index is 538. The van der Waals surface area contributed by atoms with Crippen LogP contribution in [0.15, 0.2) is 48.7 Å². The summed E-state index contributed by atoms with van der Waals surface area (Å²) in [4.78, 5) is 0. The number of benzene rings is 1. The van der Waals surface area contributed by atoms with E-state index in [4.69, 9.17) is 0 Å². The monoisotopic (exact) mass is 353 g/mol. The van der Waals surface area contributed by atoms with Crippen LogP contribution in [0, 0.1) is 0 Å². The number of phenolic OH excluding ortho intramolecular Hbond substituents is 1. The Morgan fingerprint density at radius 3 is 2.50 bits per heavy atom. The van der Waals surface area contributed by atoms with Gasteiger partial charge in [0.2, 0.25) is 5.69 Å². The molecule has 0 saturated heterocycles. The maximum absolute atomic E-state index is 9.66. The second-order valence-corrected chi connectivity index (χ2v) is 3.80. The zero-order valence-corrected chi connectivity index (χ0v) is 12.4. The van der Waals surface area contributed by atoms with Gasteiger partial charge in [0.15, 0.2) is 6.20 Å². The number of aromatic hydroxyl groups is 1. The molecular formula is C15H16INO. The first-order valence-corrected chi connectivity index (χ1v) is 5.76. The number of nitrogens with zero attached hydrogens (tertiary/aromatic N) is 1. The largest absolute Gasteiger partial charge is 1.00 e. The van der Waals surface area contributed by atoms with E-state index < -0.39 is 0 Å². The van der Waals surface area contributed by atoms with Crippen molar-refractivity contribution in [2.45, 2.75) is 13.5 Å². The van der Waals surface area contributed by atoms with E-state index in [1.54, 1.807) is 6.07 Å². The number of hydrogen-bond acceptors (Lipinski definition) is 1. The quantitative estimate of drug-likeness (QED) is 0.604. The predicted molar refractivity (Wildman–Crippen MR) is 69.3 cm³/mol. The molecule has 0 bridgehead atoms.